The minimum atomic E-state index is -0.291. The highest BCUT2D eigenvalue weighted by atomic mass is 16.5. The summed E-state index contributed by atoms with van der Waals surface area (Å²) < 4.78 is 5.44. The number of unbranched alkanes of at least 4 members (excludes halogenated alkanes) is 2. The van der Waals surface area contributed by atoms with Gasteiger partial charge in [0.15, 0.2) is 17.3 Å². The van der Waals surface area contributed by atoms with Gasteiger partial charge in [0.2, 0.25) is 0 Å². The van der Waals surface area contributed by atoms with Crippen LogP contribution in [0.4, 0.5) is 0 Å². The minimum Gasteiger partial charge on any atom is -0.504 e. The summed E-state index contributed by atoms with van der Waals surface area (Å²) in [6.45, 7) is 3.10. The van der Waals surface area contributed by atoms with Crippen LogP contribution in [-0.2, 0) is 35.3 Å². The van der Waals surface area contributed by atoms with Crippen molar-refractivity contribution in [3.05, 3.63) is 148 Å². The van der Waals surface area contributed by atoms with Crippen LogP contribution in [0, 0.1) is 17.8 Å². The number of methoxy groups -OCH3 is 1. The number of carbonyl (C=O) groups excluding carboxylic acids is 2. The molecule has 0 aromatic heterocycles. The Morgan fingerprint density at radius 2 is 1.71 bits per heavy atom. The van der Waals surface area contributed by atoms with Gasteiger partial charge in [0.1, 0.15) is 5.78 Å². The summed E-state index contributed by atoms with van der Waals surface area (Å²) in [7, 11) is 1.51. The van der Waals surface area contributed by atoms with Gasteiger partial charge >= 0.3 is 0 Å². The largest absolute Gasteiger partial charge is 0.504 e. The van der Waals surface area contributed by atoms with E-state index in [0.717, 1.165) is 86.9 Å². The number of nitrogens with two attached hydrogens (primary N) is 1. The summed E-state index contributed by atoms with van der Waals surface area (Å²) in [5.74, 6) is 2.05. The monoisotopic (exact) mass is 794 g/mol. The second-order valence-corrected chi connectivity index (χ2v) is 16.8. The van der Waals surface area contributed by atoms with E-state index in [4.69, 9.17) is 10.5 Å². The van der Waals surface area contributed by atoms with Crippen molar-refractivity contribution >= 4 is 17.6 Å². The third kappa shape index (κ3) is 11.6. The highest BCUT2D eigenvalue weighted by molar-refractivity contribution is 6.06. The first-order chi connectivity index (χ1) is 28.8. The van der Waals surface area contributed by atoms with E-state index in [0.29, 0.717) is 42.4 Å². The molecule has 3 aromatic rings. The number of phenolic OH excluding ortho intramolecular Hbond substituents is 1. The van der Waals surface area contributed by atoms with E-state index in [2.05, 4.69) is 94.9 Å². The Morgan fingerprint density at radius 3 is 2.54 bits per heavy atom. The third-order valence-corrected chi connectivity index (χ3v) is 12.7. The molecule has 0 spiro atoms. The predicted octanol–water partition coefficient (Wildman–Crippen LogP) is 7.86. The fourth-order valence-corrected chi connectivity index (χ4v) is 9.59. The van der Waals surface area contributed by atoms with Crippen LogP contribution in [0.15, 0.2) is 120 Å². The van der Waals surface area contributed by atoms with Crippen molar-refractivity contribution < 1.29 is 19.4 Å². The molecule has 8 heteroatoms. The lowest BCUT2D eigenvalue weighted by molar-refractivity contribution is -0.124. The van der Waals surface area contributed by atoms with Crippen LogP contribution in [0.2, 0.25) is 0 Å². The number of hydrogen-bond donors (Lipinski definition) is 5. The number of fused-ring (bicyclic) bond motifs is 2. The zero-order chi connectivity index (χ0) is 41.0. The zero-order valence-electron chi connectivity index (χ0n) is 34.6. The number of nitrogens with one attached hydrogen (secondary N) is 3. The molecular formula is C51H62N4O4. The maximum Gasteiger partial charge on any atom is 0.163 e. The summed E-state index contributed by atoms with van der Waals surface area (Å²) in [5.41, 5.74) is 15.5. The van der Waals surface area contributed by atoms with Crippen molar-refractivity contribution in [2.75, 3.05) is 26.7 Å². The number of Topliss-reactive ketones (excluding diaryl/α,β-unsaturated/α-hetero) is 1. The van der Waals surface area contributed by atoms with Gasteiger partial charge in [-0.05, 0) is 144 Å². The van der Waals surface area contributed by atoms with Gasteiger partial charge in [-0.25, -0.2) is 0 Å². The molecule has 7 rings (SSSR count). The van der Waals surface area contributed by atoms with Crippen molar-refractivity contribution in [3.8, 4) is 11.5 Å². The number of hydrogen-bond acceptors (Lipinski definition) is 8. The van der Waals surface area contributed by atoms with Gasteiger partial charge < -0.3 is 31.5 Å². The molecule has 0 bridgehead atoms. The van der Waals surface area contributed by atoms with Gasteiger partial charge in [0.05, 0.1) is 19.7 Å². The van der Waals surface area contributed by atoms with Crippen LogP contribution in [0.3, 0.4) is 0 Å². The Balaban J connectivity index is 0.912. The quantitative estimate of drug-likeness (QED) is 0.0472. The first-order valence-corrected chi connectivity index (χ1v) is 21.8. The normalized spacial score (nSPS) is 22.4. The van der Waals surface area contributed by atoms with Gasteiger partial charge in [0, 0.05) is 31.8 Å². The third-order valence-electron chi connectivity index (χ3n) is 12.7. The summed E-state index contributed by atoms with van der Waals surface area (Å²) >= 11 is 0. The van der Waals surface area contributed by atoms with Crippen LogP contribution in [0.1, 0.15) is 79.2 Å². The molecule has 0 radical (unpaired) electrons. The van der Waals surface area contributed by atoms with Crippen LogP contribution in [0.5, 0.6) is 11.5 Å². The summed E-state index contributed by atoms with van der Waals surface area (Å²) in [5, 5.41) is 21.4. The molecule has 310 valence electrons. The molecule has 59 heavy (non-hydrogen) atoms. The highest BCUT2D eigenvalue weighted by Gasteiger charge is 2.40. The number of ketones is 2. The van der Waals surface area contributed by atoms with E-state index >= 15 is 0 Å². The van der Waals surface area contributed by atoms with E-state index in [1.165, 1.54) is 48.3 Å². The van der Waals surface area contributed by atoms with E-state index in [1.807, 2.05) is 6.20 Å². The van der Waals surface area contributed by atoms with Gasteiger partial charge in [-0.1, -0.05) is 91.7 Å². The van der Waals surface area contributed by atoms with Gasteiger partial charge in [-0.15, -0.1) is 0 Å². The van der Waals surface area contributed by atoms with Gasteiger partial charge in [0.25, 0.3) is 0 Å². The van der Waals surface area contributed by atoms with Crippen molar-refractivity contribution in [1.29, 1.82) is 0 Å². The SMILES string of the molecule is COc1cc(C=CC(=O)CC(=O)CCCCCC2C3NCC=CC3=CC3CNCCC32)c(CC2=CNC(N)C=C2CCc2cccc(CCc3ccccc3)c2)cc1O. The lowest BCUT2D eigenvalue weighted by Gasteiger charge is -2.46. The van der Waals surface area contributed by atoms with Crippen molar-refractivity contribution in [1.82, 2.24) is 16.0 Å². The Kier molecular flexibility index (Phi) is 14.8. The number of ether oxygens (including phenoxy) is 1. The Hall–Kier alpha value is -5.02. The molecule has 1 saturated heterocycles. The number of rotatable bonds is 19. The van der Waals surface area contributed by atoms with E-state index in [9.17, 15) is 14.7 Å². The highest BCUT2D eigenvalue weighted by Crippen LogP contribution is 2.41. The molecule has 6 N–H and O–H groups in total. The molecule has 1 aliphatic carbocycles. The number of carbonyl (C=O) groups is 2. The Labute approximate surface area is 350 Å². The van der Waals surface area contributed by atoms with Gasteiger partial charge in [-0.3, -0.25) is 9.59 Å². The molecule has 3 aromatic carbocycles. The average molecular weight is 795 g/mol. The number of aromatic hydroxyl groups is 1. The number of aryl methyl sites for hydroxylation is 3. The maximum absolute atomic E-state index is 13.1. The second kappa shape index (κ2) is 20.8. The molecule has 1 fully saturated rings. The van der Waals surface area contributed by atoms with Crippen molar-refractivity contribution in [2.45, 2.75) is 89.3 Å². The fourth-order valence-electron chi connectivity index (χ4n) is 9.59. The molecule has 8 nitrogen and oxygen atoms in total. The Bertz CT molecular complexity index is 2080. The zero-order valence-corrected chi connectivity index (χ0v) is 34.6. The molecule has 3 aliphatic heterocycles. The van der Waals surface area contributed by atoms with E-state index in [1.54, 1.807) is 18.2 Å². The van der Waals surface area contributed by atoms with Crippen LogP contribution in [-0.4, -0.2) is 55.6 Å². The number of benzene rings is 3. The second-order valence-electron chi connectivity index (χ2n) is 16.8. The standard InChI is InChI=1S/C51H62N4O4/c1-59-49-30-38(21-22-45(57)32-44(56)15-6-3-7-16-47-46-23-25-53-33-43(46)27-40-14-9-24-54-51(40)47)41(29-48(49)58)28-42-34-55-50(52)31-39(42)20-19-37-13-8-12-36(26-37)18-17-35-10-4-2-5-11-35/h2,4-5,8-14,21-22,26-27,29-31,34,43,46-47,50-51,53-55,58H,3,6-7,15-20,23-25,28,32-33,52H2,1H3. The molecule has 0 saturated carbocycles. The molecular weight excluding hydrogens is 733 g/mol. The first-order valence-electron chi connectivity index (χ1n) is 21.8. The fraction of sp³-hybridized carbons (Fsp3) is 0.412. The molecule has 5 atom stereocenters. The smallest absolute Gasteiger partial charge is 0.163 e. The summed E-state index contributed by atoms with van der Waals surface area (Å²) in [4.78, 5) is 26.0. The average Bonchev–Trinajstić information content (AvgIpc) is 3.25. The molecule has 5 unspecified atom stereocenters. The summed E-state index contributed by atoms with van der Waals surface area (Å²) in [6.07, 6.45) is 23.8. The van der Waals surface area contributed by atoms with Crippen LogP contribution in [0.25, 0.3) is 6.08 Å². The summed E-state index contributed by atoms with van der Waals surface area (Å²) in [6, 6.07) is 23.3. The number of piperidine rings is 1. The van der Waals surface area contributed by atoms with Crippen molar-refractivity contribution in [3.63, 3.8) is 0 Å². The van der Waals surface area contributed by atoms with Gasteiger partial charge in [-0.2, -0.15) is 0 Å². The molecule has 3 heterocycles. The van der Waals surface area contributed by atoms with Crippen LogP contribution >= 0.6 is 0 Å². The lowest BCUT2D eigenvalue weighted by Crippen LogP contribution is -2.51. The maximum atomic E-state index is 13.1. The predicted molar refractivity (Wildman–Crippen MR) is 238 cm³/mol. The number of dihydropyridines is 1. The van der Waals surface area contributed by atoms with Crippen molar-refractivity contribution in [2.24, 2.45) is 23.5 Å². The molecule has 4 aliphatic rings. The molecule has 0 amide bonds. The lowest BCUT2D eigenvalue weighted by atomic mass is 9.65. The minimum absolute atomic E-state index is 0.0187. The van der Waals surface area contributed by atoms with E-state index < -0.39 is 0 Å². The number of allylic oxidation sites excluding steroid dienone is 3. The Morgan fingerprint density at radius 1 is 0.915 bits per heavy atom. The topological polar surface area (TPSA) is 126 Å². The van der Waals surface area contributed by atoms with E-state index in [-0.39, 0.29) is 29.9 Å². The number of phenols is 1. The first kappa shape index (κ1) is 42.1. The van der Waals surface area contributed by atoms with Crippen LogP contribution < -0.4 is 26.4 Å².